The number of carbonyl (C=O) groups is 1. The van der Waals surface area contributed by atoms with Crippen LogP contribution in [0.4, 0.5) is 4.39 Å². The Hall–Kier alpha value is -2.01. The van der Waals surface area contributed by atoms with E-state index in [9.17, 15) is 13.4 Å². The Kier molecular flexibility index (Phi) is 4.29. The van der Waals surface area contributed by atoms with Crippen molar-refractivity contribution >= 4 is 16.8 Å². The number of carboxylic acids is 1. The smallest absolute Gasteiger partial charge is 0.335 e. The zero-order valence-electron chi connectivity index (χ0n) is 10.8. The Morgan fingerprint density at radius 3 is 2.65 bits per heavy atom. The molecule has 0 aliphatic carbocycles. The SMILES string of the molecule is Cc1cccc(CS(=O)c2cc(C(=O)O)ccc2F)c1. The molecule has 0 radical (unpaired) electrons. The zero-order chi connectivity index (χ0) is 14.7. The summed E-state index contributed by atoms with van der Waals surface area (Å²) in [7, 11) is -1.62. The summed E-state index contributed by atoms with van der Waals surface area (Å²) in [5.74, 6) is -1.67. The number of aromatic carboxylic acids is 1. The molecule has 0 fully saturated rings. The lowest BCUT2D eigenvalue weighted by molar-refractivity contribution is 0.0696. The van der Waals surface area contributed by atoms with Gasteiger partial charge in [-0.1, -0.05) is 29.8 Å². The van der Waals surface area contributed by atoms with Crippen LogP contribution in [0.1, 0.15) is 21.5 Å². The number of benzene rings is 2. The van der Waals surface area contributed by atoms with Crippen molar-refractivity contribution < 1.29 is 18.5 Å². The second kappa shape index (κ2) is 5.96. The minimum absolute atomic E-state index is 0.0704. The minimum atomic E-state index is -1.62. The summed E-state index contributed by atoms with van der Waals surface area (Å²) in [6, 6.07) is 10.8. The third-order valence-corrected chi connectivity index (χ3v) is 4.20. The highest BCUT2D eigenvalue weighted by Crippen LogP contribution is 2.18. The molecule has 0 aliphatic rings. The summed E-state index contributed by atoms with van der Waals surface area (Å²) in [6.45, 7) is 1.91. The van der Waals surface area contributed by atoms with Gasteiger partial charge < -0.3 is 5.11 Å². The van der Waals surface area contributed by atoms with Crippen molar-refractivity contribution in [1.82, 2.24) is 0 Å². The molecule has 0 saturated heterocycles. The van der Waals surface area contributed by atoms with Crippen LogP contribution in [0, 0.1) is 12.7 Å². The molecule has 2 aromatic rings. The van der Waals surface area contributed by atoms with Gasteiger partial charge in [0.05, 0.1) is 27.0 Å². The van der Waals surface area contributed by atoms with Gasteiger partial charge in [0.25, 0.3) is 0 Å². The van der Waals surface area contributed by atoms with E-state index in [0.717, 1.165) is 29.3 Å². The summed E-state index contributed by atoms with van der Waals surface area (Å²) < 4.78 is 25.9. The Balaban J connectivity index is 2.29. The monoisotopic (exact) mass is 292 g/mol. The fourth-order valence-corrected chi connectivity index (χ4v) is 3.02. The average Bonchev–Trinajstić information content (AvgIpc) is 2.38. The van der Waals surface area contributed by atoms with E-state index in [1.54, 1.807) is 0 Å². The topological polar surface area (TPSA) is 54.4 Å². The van der Waals surface area contributed by atoms with Crippen LogP contribution in [0.15, 0.2) is 47.4 Å². The Bertz CT molecular complexity index is 683. The van der Waals surface area contributed by atoms with Crippen LogP contribution in [-0.4, -0.2) is 15.3 Å². The van der Waals surface area contributed by atoms with Gasteiger partial charge in [0, 0.05) is 0 Å². The number of rotatable bonds is 4. The third kappa shape index (κ3) is 3.30. The van der Waals surface area contributed by atoms with E-state index < -0.39 is 22.6 Å². The zero-order valence-corrected chi connectivity index (χ0v) is 11.6. The molecular formula is C15H13FO3S. The Morgan fingerprint density at radius 2 is 2.00 bits per heavy atom. The molecule has 1 atom stereocenters. The lowest BCUT2D eigenvalue weighted by Gasteiger charge is -2.06. The largest absolute Gasteiger partial charge is 0.478 e. The molecule has 1 unspecified atom stereocenters. The van der Waals surface area contributed by atoms with Gasteiger partial charge in [-0.15, -0.1) is 0 Å². The summed E-state index contributed by atoms with van der Waals surface area (Å²) >= 11 is 0. The quantitative estimate of drug-likeness (QED) is 0.942. The lowest BCUT2D eigenvalue weighted by Crippen LogP contribution is -2.03. The van der Waals surface area contributed by atoms with Gasteiger partial charge in [0.1, 0.15) is 5.82 Å². The molecule has 0 amide bonds. The van der Waals surface area contributed by atoms with Gasteiger partial charge >= 0.3 is 5.97 Å². The fourth-order valence-electron chi connectivity index (χ4n) is 1.84. The molecule has 0 aromatic heterocycles. The number of carboxylic acid groups (broad SMARTS) is 1. The van der Waals surface area contributed by atoms with E-state index in [2.05, 4.69) is 0 Å². The predicted octanol–water partition coefficient (Wildman–Crippen LogP) is 3.14. The van der Waals surface area contributed by atoms with E-state index in [-0.39, 0.29) is 16.2 Å². The third-order valence-electron chi connectivity index (χ3n) is 2.80. The number of aryl methyl sites for hydroxylation is 1. The highest BCUT2D eigenvalue weighted by atomic mass is 32.2. The van der Waals surface area contributed by atoms with Crippen molar-refractivity contribution in [3.63, 3.8) is 0 Å². The van der Waals surface area contributed by atoms with Crippen molar-refractivity contribution in [3.8, 4) is 0 Å². The van der Waals surface area contributed by atoms with Crippen molar-refractivity contribution in [3.05, 3.63) is 65.0 Å². The van der Waals surface area contributed by atoms with E-state index >= 15 is 0 Å². The molecule has 5 heteroatoms. The minimum Gasteiger partial charge on any atom is -0.478 e. The molecule has 104 valence electrons. The molecule has 0 heterocycles. The molecule has 0 saturated carbocycles. The summed E-state index contributed by atoms with van der Waals surface area (Å²) in [5, 5.41) is 8.89. The average molecular weight is 292 g/mol. The molecule has 1 N–H and O–H groups in total. The van der Waals surface area contributed by atoms with Gasteiger partial charge in [0.2, 0.25) is 0 Å². The van der Waals surface area contributed by atoms with Crippen molar-refractivity contribution in [2.45, 2.75) is 17.6 Å². The standard InChI is InChI=1S/C15H13FO3S/c1-10-3-2-4-11(7-10)9-20(19)14-8-12(15(17)18)5-6-13(14)16/h2-8H,9H2,1H3,(H,17,18). The Labute approximate surface area is 118 Å². The second-order valence-corrected chi connectivity index (χ2v) is 5.85. The highest BCUT2D eigenvalue weighted by molar-refractivity contribution is 7.84. The molecule has 3 nitrogen and oxygen atoms in total. The van der Waals surface area contributed by atoms with Gasteiger partial charge in [-0.3, -0.25) is 4.21 Å². The van der Waals surface area contributed by atoms with E-state index in [4.69, 9.17) is 5.11 Å². The second-order valence-electron chi connectivity index (χ2n) is 4.43. The van der Waals surface area contributed by atoms with Crippen LogP contribution in [0.2, 0.25) is 0 Å². The van der Waals surface area contributed by atoms with Crippen LogP contribution in [0.5, 0.6) is 0 Å². The van der Waals surface area contributed by atoms with Crippen LogP contribution in [0.3, 0.4) is 0 Å². The number of hydrogen-bond acceptors (Lipinski definition) is 2. The van der Waals surface area contributed by atoms with Gasteiger partial charge in [0.15, 0.2) is 0 Å². The van der Waals surface area contributed by atoms with Crippen molar-refractivity contribution in [2.24, 2.45) is 0 Å². The summed E-state index contributed by atoms with van der Waals surface area (Å²) in [6.07, 6.45) is 0. The maximum atomic E-state index is 13.7. The molecule has 0 aliphatic heterocycles. The first kappa shape index (κ1) is 14.4. The van der Waals surface area contributed by atoms with Gasteiger partial charge in [-0.2, -0.15) is 0 Å². The van der Waals surface area contributed by atoms with Crippen LogP contribution < -0.4 is 0 Å². The molecule has 0 spiro atoms. The van der Waals surface area contributed by atoms with E-state index in [1.807, 2.05) is 31.2 Å². The Morgan fingerprint density at radius 1 is 1.25 bits per heavy atom. The van der Waals surface area contributed by atoms with Gasteiger partial charge in [-0.25, -0.2) is 9.18 Å². The number of hydrogen-bond donors (Lipinski definition) is 1. The molecular weight excluding hydrogens is 279 g/mol. The summed E-state index contributed by atoms with van der Waals surface area (Å²) in [5.41, 5.74) is 1.78. The fraction of sp³-hybridized carbons (Fsp3) is 0.133. The van der Waals surface area contributed by atoms with Crippen LogP contribution in [-0.2, 0) is 16.6 Å². The van der Waals surface area contributed by atoms with E-state index in [1.165, 1.54) is 0 Å². The normalized spacial score (nSPS) is 12.1. The molecule has 0 bridgehead atoms. The number of halogens is 1. The first-order valence-electron chi connectivity index (χ1n) is 5.94. The highest BCUT2D eigenvalue weighted by Gasteiger charge is 2.14. The molecule has 2 aromatic carbocycles. The lowest BCUT2D eigenvalue weighted by atomic mass is 10.2. The maximum absolute atomic E-state index is 13.7. The van der Waals surface area contributed by atoms with Crippen molar-refractivity contribution in [2.75, 3.05) is 0 Å². The predicted molar refractivity (Wildman–Crippen MR) is 74.7 cm³/mol. The van der Waals surface area contributed by atoms with Crippen LogP contribution >= 0.6 is 0 Å². The van der Waals surface area contributed by atoms with Crippen LogP contribution in [0.25, 0.3) is 0 Å². The van der Waals surface area contributed by atoms with Gasteiger partial charge in [-0.05, 0) is 30.7 Å². The first-order chi connectivity index (χ1) is 9.47. The summed E-state index contributed by atoms with van der Waals surface area (Å²) in [4.78, 5) is 10.8. The first-order valence-corrected chi connectivity index (χ1v) is 7.26. The van der Waals surface area contributed by atoms with E-state index in [0.29, 0.717) is 0 Å². The molecule has 20 heavy (non-hydrogen) atoms. The molecule has 2 rings (SSSR count). The van der Waals surface area contributed by atoms with Crippen molar-refractivity contribution in [1.29, 1.82) is 0 Å². The maximum Gasteiger partial charge on any atom is 0.335 e.